The minimum atomic E-state index is -0.551. The number of hydrogen-bond acceptors (Lipinski definition) is 4. The predicted octanol–water partition coefficient (Wildman–Crippen LogP) is 3.46. The molecule has 1 aromatic rings. The van der Waals surface area contributed by atoms with Gasteiger partial charge < -0.3 is 9.73 Å². The largest absolute Gasteiger partial charge is 0.427 e. The van der Waals surface area contributed by atoms with E-state index >= 15 is 0 Å². The highest BCUT2D eigenvalue weighted by Gasteiger charge is 2.17. The molecule has 1 rings (SSSR count). The van der Waals surface area contributed by atoms with E-state index in [1.807, 2.05) is 13.0 Å². The third kappa shape index (κ3) is 5.51. The SMILES string of the molecule is CCC(=O)N/C=C/CCC(C)c1cc(C)c(C(=O)CC)c(=O)o1. The normalized spacial score (nSPS) is 12.3. The summed E-state index contributed by atoms with van der Waals surface area (Å²) in [5.41, 5.74) is 0.274. The average Bonchev–Trinajstić information content (AvgIpc) is 2.52. The van der Waals surface area contributed by atoms with Crippen LogP contribution in [0.1, 0.15) is 74.1 Å². The minimum Gasteiger partial charge on any atom is -0.427 e. The quantitative estimate of drug-likeness (QED) is 0.744. The second-order valence-electron chi connectivity index (χ2n) is 5.57. The number of rotatable bonds is 8. The van der Waals surface area contributed by atoms with Crippen LogP contribution < -0.4 is 10.9 Å². The maximum absolute atomic E-state index is 12.0. The standard InChI is InChI=1S/C18H25NO4/c1-5-14(20)17-13(4)11-15(23-18(17)22)12(3)9-7-8-10-19-16(21)6-2/h8,10-12H,5-7,9H2,1-4H3,(H,19,21)/b10-8+. The summed E-state index contributed by atoms with van der Waals surface area (Å²) in [4.78, 5) is 34.8. The minimum absolute atomic E-state index is 0.0212. The van der Waals surface area contributed by atoms with Crippen molar-refractivity contribution in [3.8, 4) is 0 Å². The van der Waals surface area contributed by atoms with Crippen LogP contribution in [0.2, 0.25) is 0 Å². The second-order valence-corrected chi connectivity index (χ2v) is 5.57. The Kier molecular flexibility index (Phi) is 7.45. The number of carbonyl (C=O) groups is 2. The van der Waals surface area contributed by atoms with E-state index in [-0.39, 0.29) is 29.6 Å². The van der Waals surface area contributed by atoms with Crippen LogP contribution in [0.3, 0.4) is 0 Å². The van der Waals surface area contributed by atoms with Gasteiger partial charge in [-0.3, -0.25) is 9.59 Å². The monoisotopic (exact) mass is 319 g/mol. The highest BCUT2D eigenvalue weighted by atomic mass is 16.4. The smallest absolute Gasteiger partial charge is 0.347 e. The third-order valence-corrected chi connectivity index (χ3v) is 3.70. The lowest BCUT2D eigenvalue weighted by molar-refractivity contribution is -0.119. The van der Waals surface area contributed by atoms with Gasteiger partial charge in [-0.25, -0.2) is 4.79 Å². The molecule has 1 amide bonds. The van der Waals surface area contributed by atoms with Crippen LogP contribution in [-0.4, -0.2) is 11.7 Å². The molecule has 0 aliphatic heterocycles. The topological polar surface area (TPSA) is 76.4 Å². The summed E-state index contributed by atoms with van der Waals surface area (Å²) < 4.78 is 5.32. The van der Waals surface area contributed by atoms with Gasteiger partial charge in [-0.05, 0) is 37.6 Å². The van der Waals surface area contributed by atoms with E-state index in [0.717, 1.165) is 12.8 Å². The molecule has 1 N–H and O–H groups in total. The maximum atomic E-state index is 12.0. The number of Topliss-reactive ketones (excluding diaryl/α,β-unsaturated/α-hetero) is 1. The van der Waals surface area contributed by atoms with E-state index < -0.39 is 5.63 Å². The Balaban J connectivity index is 2.71. The van der Waals surface area contributed by atoms with Crippen LogP contribution >= 0.6 is 0 Å². The van der Waals surface area contributed by atoms with Crippen molar-refractivity contribution >= 4 is 11.7 Å². The van der Waals surface area contributed by atoms with Crippen molar-refractivity contribution in [3.05, 3.63) is 45.6 Å². The van der Waals surface area contributed by atoms with Gasteiger partial charge in [0.25, 0.3) is 0 Å². The Morgan fingerprint density at radius 1 is 1.30 bits per heavy atom. The van der Waals surface area contributed by atoms with E-state index in [4.69, 9.17) is 4.42 Å². The molecule has 0 spiro atoms. The van der Waals surface area contributed by atoms with Gasteiger partial charge in [0.05, 0.1) is 0 Å². The molecule has 1 aromatic heterocycles. The lowest BCUT2D eigenvalue weighted by Gasteiger charge is -2.11. The zero-order valence-electron chi connectivity index (χ0n) is 14.3. The number of carbonyl (C=O) groups excluding carboxylic acids is 2. The Hall–Kier alpha value is -2.17. The molecule has 0 fully saturated rings. The number of amides is 1. The fourth-order valence-corrected chi connectivity index (χ4v) is 2.21. The van der Waals surface area contributed by atoms with Gasteiger partial charge in [0.15, 0.2) is 5.78 Å². The van der Waals surface area contributed by atoms with E-state index in [2.05, 4.69) is 5.32 Å². The maximum Gasteiger partial charge on any atom is 0.347 e. The molecule has 5 heteroatoms. The molecular weight excluding hydrogens is 294 g/mol. The van der Waals surface area contributed by atoms with Gasteiger partial charge in [0, 0.05) is 18.8 Å². The highest BCUT2D eigenvalue weighted by Crippen LogP contribution is 2.21. The van der Waals surface area contributed by atoms with Crippen molar-refractivity contribution in [2.24, 2.45) is 0 Å². The van der Waals surface area contributed by atoms with Crippen LogP contribution in [0.5, 0.6) is 0 Å². The van der Waals surface area contributed by atoms with Crippen molar-refractivity contribution in [2.45, 2.75) is 59.3 Å². The number of allylic oxidation sites excluding steroid dienone is 1. The van der Waals surface area contributed by atoms with Crippen molar-refractivity contribution in [1.82, 2.24) is 5.32 Å². The van der Waals surface area contributed by atoms with Crippen LogP contribution in [-0.2, 0) is 4.79 Å². The molecule has 0 saturated heterocycles. The molecule has 0 saturated carbocycles. The summed E-state index contributed by atoms with van der Waals surface area (Å²) in [6.07, 6.45) is 5.79. The van der Waals surface area contributed by atoms with Gasteiger partial charge in [-0.1, -0.05) is 26.8 Å². The van der Waals surface area contributed by atoms with E-state index in [1.54, 1.807) is 33.0 Å². The number of hydrogen-bond donors (Lipinski definition) is 1. The van der Waals surface area contributed by atoms with Gasteiger partial charge >= 0.3 is 5.63 Å². The molecule has 126 valence electrons. The molecule has 1 heterocycles. The summed E-state index contributed by atoms with van der Waals surface area (Å²) in [7, 11) is 0. The Labute approximate surface area is 136 Å². The molecule has 0 aromatic carbocycles. The van der Waals surface area contributed by atoms with Gasteiger partial charge in [0.1, 0.15) is 11.3 Å². The third-order valence-electron chi connectivity index (χ3n) is 3.70. The second kappa shape index (κ2) is 9.08. The Morgan fingerprint density at radius 2 is 2.00 bits per heavy atom. The molecule has 0 aliphatic rings. The van der Waals surface area contributed by atoms with Crippen LogP contribution in [0.4, 0.5) is 0 Å². The lowest BCUT2D eigenvalue weighted by atomic mass is 9.98. The Bertz CT molecular complexity index is 643. The lowest BCUT2D eigenvalue weighted by Crippen LogP contribution is -2.17. The van der Waals surface area contributed by atoms with Crippen molar-refractivity contribution in [2.75, 3.05) is 0 Å². The fraction of sp³-hybridized carbons (Fsp3) is 0.500. The summed E-state index contributed by atoms with van der Waals surface area (Å²) in [6.45, 7) is 7.25. The predicted molar refractivity (Wildman–Crippen MR) is 89.6 cm³/mol. The first-order chi connectivity index (χ1) is 10.9. The van der Waals surface area contributed by atoms with Crippen LogP contribution in [0, 0.1) is 6.92 Å². The Morgan fingerprint density at radius 3 is 2.57 bits per heavy atom. The summed E-state index contributed by atoms with van der Waals surface area (Å²) >= 11 is 0. The van der Waals surface area contributed by atoms with Crippen molar-refractivity contribution in [1.29, 1.82) is 0 Å². The molecule has 1 unspecified atom stereocenters. The van der Waals surface area contributed by atoms with Gasteiger partial charge in [-0.2, -0.15) is 0 Å². The van der Waals surface area contributed by atoms with Crippen LogP contribution in [0.15, 0.2) is 27.6 Å². The first kappa shape index (κ1) is 18.9. The fourth-order valence-electron chi connectivity index (χ4n) is 2.21. The molecular formula is C18H25NO4. The molecule has 0 bridgehead atoms. The molecule has 1 atom stereocenters. The number of nitrogens with one attached hydrogen (secondary N) is 1. The van der Waals surface area contributed by atoms with Crippen LogP contribution in [0.25, 0.3) is 0 Å². The zero-order valence-corrected chi connectivity index (χ0v) is 14.3. The molecule has 0 radical (unpaired) electrons. The summed E-state index contributed by atoms with van der Waals surface area (Å²) in [6, 6.07) is 1.78. The summed E-state index contributed by atoms with van der Waals surface area (Å²) in [5.74, 6) is 0.432. The highest BCUT2D eigenvalue weighted by molar-refractivity contribution is 5.96. The zero-order chi connectivity index (χ0) is 17.4. The van der Waals surface area contributed by atoms with Gasteiger partial charge in [0.2, 0.25) is 5.91 Å². The average molecular weight is 319 g/mol. The first-order valence-corrected chi connectivity index (χ1v) is 8.02. The molecule has 0 aliphatic carbocycles. The van der Waals surface area contributed by atoms with E-state index in [9.17, 15) is 14.4 Å². The summed E-state index contributed by atoms with van der Waals surface area (Å²) in [5, 5.41) is 2.66. The number of ketones is 1. The van der Waals surface area contributed by atoms with E-state index in [0.29, 0.717) is 17.7 Å². The van der Waals surface area contributed by atoms with Crippen molar-refractivity contribution in [3.63, 3.8) is 0 Å². The number of aryl methyl sites for hydroxylation is 1. The first-order valence-electron chi connectivity index (χ1n) is 8.02. The molecule has 23 heavy (non-hydrogen) atoms. The van der Waals surface area contributed by atoms with E-state index in [1.165, 1.54) is 0 Å². The molecule has 5 nitrogen and oxygen atoms in total. The van der Waals surface area contributed by atoms with Gasteiger partial charge in [-0.15, -0.1) is 0 Å². The van der Waals surface area contributed by atoms with Crippen molar-refractivity contribution < 1.29 is 14.0 Å².